The summed E-state index contributed by atoms with van der Waals surface area (Å²) >= 11 is 5.95. The third kappa shape index (κ3) is 5.16. The van der Waals surface area contributed by atoms with Crippen molar-refractivity contribution in [2.75, 3.05) is 13.1 Å². The minimum absolute atomic E-state index is 0.421. The van der Waals surface area contributed by atoms with E-state index in [1.165, 1.54) is 61.9 Å². The molecule has 3 aromatic rings. The number of aryl methyl sites for hydroxylation is 3. The van der Waals surface area contributed by atoms with E-state index >= 15 is 0 Å². The van der Waals surface area contributed by atoms with E-state index in [0.717, 1.165) is 34.9 Å². The minimum atomic E-state index is 0.421. The number of benzene rings is 2. The first-order chi connectivity index (χ1) is 14.6. The number of fused-ring (bicyclic) bond motifs is 1. The van der Waals surface area contributed by atoms with Crippen molar-refractivity contribution in [3.05, 3.63) is 57.9 Å². The van der Waals surface area contributed by atoms with Gasteiger partial charge in [0.25, 0.3) is 0 Å². The number of imidazole rings is 1. The number of H-pyrrole nitrogens is 1. The fraction of sp³-hybridized carbons (Fsp3) is 0.480. The molecule has 0 saturated carbocycles. The van der Waals surface area contributed by atoms with E-state index in [-0.39, 0.29) is 0 Å². The number of aromatic nitrogens is 2. The maximum absolute atomic E-state index is 5.95. The summed E-state index contributed by atoms with van der Waals surface area (Å²) in [6.07, 6.45) is 7.65. The normalized spacial score (nSPS) is 15.0. The molecule has 1 fully saturated rings. The summed E-state index contributed by atoms with van der Waals surface area (Å²) in [6.45, 7) is 7.16. The van der Waals surface area contributed by atoms with Crippen LogP contribution in [-0.4, -0.2) is 23.1 Å². The number of hydrogen-bond donors (Lipinski definition) is 2. The predicted octanol–water partition coefficient (Wildman–Crippen LogP) is 6.12. The van der Waals surface area contributed by atoms with Crippen LogP contribution in [0.1, 0.15) is 54.6 Å². The smallest absolute Gasteiger partial charge is 0.146 e. The number of nitrogens with zero attached hydrogens (tertiary/aromatic N) is 1. The Bertz CT molecular complexity index is 974. The van der Waals surface area contributed by atoms with Crippen LogP contribution < -0.4 is 10.1 Å². The third-order valence-corrected chi connectivity index (χ3v) is 6.62. The minimum Gasteiger partial charge on any atom is -0.486 e. The molecule has 0 atom stereocenters. The topological polar surface area (TPSA) is 49.9 Å². The summed E-state index contributed by atoms with van der Waals surface area (Å²) in [5.41, 5.74) is 6.21. The zero-order chi connectivity index (χ0) is 20.9. The van der Waals surface area contributed by atoms with Crippen molar-refractivity contribution in [1.82, 2.24) is 15.3 Å². The molecule has 160 valence electrons. The summed E-state index contributed by atoms with van der Waals surface area (Å²) in [6, 6.07) is 9.77. The van der Waals surface area contributed by atoms with Gasteiger partial charge in [0, 0.05) is 5.02 Å². The molecule has 5 heteroatoms. The Labute approximate surface area is 184 Å². The number of ether oxygens (including phenoxy) is 1. The van der Waals surface area contributed by atoms with Gasteiger partial charge in [0.1, 0.15) is 18.2 Å². The van der Waals surface area contributed by atoms with Crippen molar-refractivity contribution >= 4 is 22.6 Å². The number of nitrogens with one attached hydrogen (secondary N) is 2. The molecule has 1 aromatic heterocycles. The highest BCUT2D eigenvalue weighted by molar-refractivity contribution is 6.30. The second-order valence-corrected chi connectivity index (χ2v) is 9.00. The third-order valence-electron chi connectivity index (χ3n) is 6.37. The van der Waals surface area contributed by atoms with Crippen molar-refractivity contribution in [1.29, 1.82) is 0 Å². The van der Waals surface area contributed by atoms with Crippen LogP contribution in [0, 0.1) is 19.8 Å². The molecule has 0 amide bonds. The average molecular weight is 426 g/mol. The number of unbranched alkanes of at least 4 members (excludes halogenated alkanes) is 1. The van der Waals surface area contributed by atoms with Gasteiger partial charge in [-0.1, -0.05) is 30.5 Å². The summed E-state index contributed by atoms with van der Waals surface area (Å²) in [5, 5.41) is 4.17. The lowest BCUT2D eigenvalue weighted by atomic mass is 9.91. The quantitative estimate of drug-likeness (QED) is 0.427. The van der Waals surface area contributed by atoms with E-state index in [0.29, 0.717) is 11.6 Å². The Balaban J connectivity index is 1.42. The van der Waals surface area contributed by atoms with E-state index in [9.17, 15) is 0 Å². The number of aromatic amines is 1. The first-order valence-electron chi connectivity index (χ1n) is 11.2. The van der Waals surface area contributed by atoms with Gasteiger partial charge in [-0.15, -0.1) is 0 Å². The second-order valence-electron chi connectivity index (χ2n) is 8.57. The molecule has 0 bridgehead atoms. The summed E-state index contributed by atoms with van der Waals surface area (Å²) in [7, 11) is 0. The Hall–Kier alpha value is -2.04. The Morgan fingerprint density at radius 2 is 1.87 bits per heavy atom. The van der Waals surface area contributed by atoms with Crippen LogP contribution in [0.4, 0.5) is 0 Å². The molecule has 0 aliphatic carbocycles. The molecular formula is C25H32ClN3O. The summed E-state index contributed by atoms with van der Waals surface area (Å²) in [5.74, 6) is 2.57. The average Bonchev–Trinajstić information content (AvgIpc) is 3.20. The SMILES string of the molecule is Cc1cc(CCCCC2CCNCC2)c2nc(COc3ccc(Cl)cc3)[nH]c2c1C. The molecule has 0 spiro atoms. The van der Waals surface area contributed by atoms with Crippen molar-refractivity contribution in [3.63, 3.8) is 0 Å². The summed E-state index contributed by atoms with van der Waals surface area (Å²) in [4.78, 5) is 8.40. The zero-order valence-corrected chi connectivity index (χ0v) is 18.8. The molecule has 2 N–H and O–H groups in total. The first-order valence-corrected chi connectivity index (χ1v) is 11.5. The van der Waals surface area contributed by atoms with Crippen LogP contribution in [0.25, 0.3) is 11.0 Å². The largest absolute Gasteiger partial charge is 0.486 e. The van der Waals surface area contributed by atoms with Gasteiger partial charge in [-0.05, 0) is 99.5 Å². The number of piperidine rings is 1. The molecule has 0 unspecified atom stereocenters. The van der Waals surface area contributed by atoms with Crippen molar-refractivity contribution < 1.29 is 4.74 Å². The monoisotopic (exact) mass is 425 g/mol. The number of rotatable bonds is 8. The Kier molecular flexibility index (Phi) is 6.96. The predicted molar refractivity (Wildman–Crippen MR) is 125 cm³/mol. The van der Waals surface area contributed by atoms with Crippen LogP contribution in [0.2, 0.25) is 5.02 Å². The number of halogens is 1. The van der Waals surface area contributed by atoms with Gasteiger partial charge >= 0.3 is 0 Å². The lowest BCUT2D eigenvalue weighted by Crippen LogP contribution is -2.27. The second kappa shape index (κ2) is 9.84. The molecule has 4 nitrogen and oxygen atoms in total. The molecule has 1 aliphatic rings. The van der Waals surface area contributed by atoms with E-state index in [1.54, 1.807) is 0 Å². The Morgan fingerprint density at radius 3 is 2.63 bits per heavy atom. The standard InChI is InChI=1S/C25H32ClN3O/c1-17-15-20(6-4-3-5-19-11-13-27-14-12-19)25-24(18(17)2)28-23(29-25)16-30-22-9-7-21(26)8-10-22/h7-10,15,19,27H,3-6,11-14,16H2,1-2H3,(H,28,29). The van der Waals surface area contributed by atoms with E-state index < -0.39 is 0 Å². The van der Waals surface area contributed by atoms with Crippen LogP contribution in [0.5, 0.6) is 5.75 Å². The van der Waals surface area contributed by atoms with Crippen molar-refractivity contribution in [3.8, 4) is 5.75 Å². The maximum Gasteiger partial charge on any atom is 0.146 e. The van der Waals surface area contributed by atoms with Crippen molar-refractivity contribution in [2.45, 2.75) is 59.0 Å². The highest BCUT2D eigenvalue weighted by atomic mass is 35.5. The maximum atomic E-state index is 5.95. The van der Waals surface area contributed by atoms with Gasteiger partial charge in [-0.25, -0.2) is 4.98 Å². The Morgan fingerprint density at radius 1 is 1.10 bits per heavy atom. The molecule has 2 aromatic carbocycles. The summed E-state index contributed by atoms with van der Waals surface area (Å²) < 4.78 is 5.89. The van der Waals surface area contributed by atoms with Gasteiger partial charge in [0.15, 0.2) is 0 Å². The highest BCUT2D eigenvalue weighted by Gasteiger charge is 2.15. The lowest BCUT2D eigenvalue weighted by molar-refractivity contribution is 0.297. The van der Waals surface area contributed by atoms with Gasteiger partial charge in [-0.2, -0.15) is 0 Å². The van der Waals surface area contributed by atoms with Gasteiger partial charge in [-0.3, -0.25) is 0 Å². The fourth-order valence-electron chi connectivity index (χ4n) is 4.42. The molecule has 4 rings (SSSR count). The first kappa shape index (κ1) is 21.2. The van der Waals surface area contributed by atoms with Crippen LogP contribution >= 0.6 is 11.6 Å². The molecule has 2 heterocycles. The van der Waals surface area contributed by atoms with Gasteiger partial charge in [0.2, 0.25) is 0 Å². The molecule has 1 aliphatic heterocycles. The zero-order valence-electron chi connectivity index (χ0n) is 18.1. The van der Waals surface area contributed by atoms with Crippen molar-refractivity contribution in [2.24, 2.45) is 5.92 Å². The van der Waals surface area contributed by atoms with Crippen LogP contribution in [0.3, 0.4) is 0 Å². The van der Waals surface area contributed by atoms with E-state index in [1.807, 2.05) is 24.3 Å². The lowest BCUT2D eigenvalue weighted by Gasteiger charge is -2.22. The van der Waals surface area contributed by atoms with Crippen LogP contribution in [0.15, 0.2) is 30.3 Å². The highest BCUT2D eigenvalue weighted by Crippen LogP contribution is 2.27. The fourth-order valence-corrected chi connectivity index (χ4v) is 4.55. The number of hydrogen-bond acceptors (Lipinski definition) is 3. The van der Waals surface area contributed by atoms with Gasteiger partial charge in [0.05, 0.1) is 11.0 Å². The molecule has 1 saturated heterocycles. The molecule has 0 radical (unpaired) electrons. The van der Waals surface area contributed by atoms with Crippen LogP contribution in [-0.2, 0) is 13.0 Å². The molecule has 30 heavy (non-hydrogen) atoms. The molecular weight excluding hydrogens is 394 g/mol. The van der Waals surface area contributed by atoms with Gasteiger partial charge < -0.3 is 15.0 Å². The van der Waals surface area contributed by atoms with E-state index in [2.05, 4.69) is 30.2 Å². The van der Waals surface area contributed by atoms with E-state index in [4.69, 9.17) is 21.3 Å².